The van der Waals surface area contributed by atoms with Crippen molar-refractivity contribution in [3.05, 3.63) is 53.9 Å². The third-order valence-corrected chi connectivity index (χ3v) is 5.22. The van der Waals surface area contributed by atoms with Gasteiger partial charge in [0.05, 0.1) is 6.04 Å². The van der Waals surface area contributed by atoms with E-state index in [0.717, 1.165) is 49.8 Å². The Bertz CT molecular complexity index is 807. The molecule has 1 aromatic heterocycles. The second-order valence-corrected chi connectivity index (χ2v) is 7.19. The van der Waals surface area contributed by atoms with Crippen LogP contribution in [0.2, 0.25) is 0 Å². The topological polar surface area (TPSA) is 66.9 Å². The number of fused-ring (bicyclic) bond motifs is 1. The lowest BCUT2D eigenvalue weighted by Gasteiger charge is -2.35. The van der Waals surface area contributed by atoms with Gasteiger partial charge in [0, 0.05) is 45.1 Å². The molecule has 7 nitrogen and oxygen atoms in total. The van der Waals surface area contributed by atoms with E-state index in [1.165, 1.54) is 5.56 Å². The first-order chi connectivity index (χ1) is 13.7. The monoisotopic (exact) mass is 382 g/mol. The Balaban J connectivity index is 1.28. The maximum Gasteiger partial charge on any atom is 0.317 e. The fourth-order valence-electron chi connectivity index (χ4n) is 3.54. The first kappa shape index (κ1) is 18.6. The summed E-state index contributed by atoms with van der Waals surface area (Å²) in [4.78, 5) is 21.0. The number of benzene rings is 1. The Hall–Kier alpha value is -2.80. The number of aromatic nitrogens is 1. The van der Waals surface area contributed by atoms with Gasteiger partial charge >= 0.3 is 6.03 Å². The molecule has 148 valence electrons. The summed E-state index contributed by atoms with van der Waals surface area (Å²) in [6.07, 6.45) is 3.64. The third-order valence-electron chi connectivity index (χ3n) is 5.22. The number of hydrogen-bond acceptors (Lipinski definition) is 5. The minimum Gasteiger partial charge on any atom is -0.486 e. The number of ether oxygens (including phenoxy) is 2. The largest absolute Gasteiger partial charge is 0.486 e. The van der Waals surface area contributed by atoms with E-state index < -0.39 is 0 Å². The van der Waals surface area contributed by atoms with Gasteiger partial charge in [0.2, 0.25) is 0 Å². The SMILES string of the molecule is CC(NC(=O)N1CCN(Cc2ccncc2)CC1)c1ccc2c(c1)OCCO2. The number of hydrogen-bond donors (Lipinski definition) is 1. The molecule has 3 heterocycles. The summed E-state index contributed by atoms with van der Waals surface area (Å²) < 4.78 is 11.2. The number of carbonyl (C=O) groups is 1. The van der Waals surface area contributed by atoms with Crippen LogP contribution in [0.25, 0.3) is 0 Å². The average Bonchev–Trinajstić information content (AvgIpc) is 2.74. The van der Waals surface area contributed by atoms with Crippen molar-refractivity contribution in [3.63, 3.8) is 0 Å². The lowest BCUT2D eigenvalue weighted by Crippen LogP contribution is -2.51. The molecule has 0 saturated carbocycles. The number of amides is 2. The summed E-state index contributed by atoms with van der Waals surface area (Å²) in [5.41, 5.74) is 2.26. The van der Waals surface area contributed by atoms with Crippen molar-refractivity contribution >= 4 is 6.03 Å². The van der Waals surface area contributed by atoms with Crippen LogP contribution in [0.1, 0.15) is 24.1 Å². The molecule has 0 bridgehead atoms. The molecular formula is C21H26N4O3. The fraction of sp³-hybridized carbons (Fsp3) is 0.429. The van der Waals surface area contributed by atoms with Gasteiger partial charge in [-0.15, -0.1) is 0 Å². The maximum atomic E-state index is 12.7. The van der Waals surface area contributed by atoms with E-state index in [0.29, 0.717) is 13.2 Å². The number of rotatable bonds is 4. The van der Waals surface area contributed by atoms with Gasteiger partial charge in [0.1, 0.15) is 13.2 Å². The predicted molar refractivity (Wildman–Crippen MR) is 105 cm³/mol. The summed E-state index contributed by atoms with van der Waals surface area (Å²) in [6.45, 7) is 7.21. The van der Waals surface area contributed by atoms with Crippen molar-refractivity contribution in [2.45, 2.75) is 19.5 Å². The molecule has 0 spiro atoms. The Morgan fingerprint density at radius 2 is 1.79 bits per heavy atom. The molecule has 2 aromatic rings. The highest BCUT2D eigenvalue weighted by molar-refractivity contribution is 5.75. The molecular weight excluding hydrogens is 356 g/mol. The molecule has 2 aliphatic rings. The lowest BCUT2D eigenvalue weighted by molar-refractivity contribution is 0.133. The molecule has 4 rings (SSSR count). The quantitative estimate of drug-likeness (QED) is 0.880. The van der Waals surface area contributed by atoms with Crippen molar-refractivity contribution in [2.75, 3.05) is 39.4 Å². The molecule has 7 heteroatoms. The smallest absolute Gasteiger partial charge is 0.317 e. The van der Waals surface area contributed by atoms with Crippen molar-refractivity contribution < 1.29 is 14.3 Å². The Morgan fingerprint density at radius 3 is 2.54 bits per heavy atom. The standard InChI is InChI=1S/C21H26N4O3/c1-16(18-2-3-19-20(14-18)28-13-12-27-19)23-21(26)25-10-8-24(9-11-25)15-17-4-6-22-7-5-17/h2-7,14,16H,8-13,15H2,1H3,(H,23,26). The number of piperazine rings is 1. The summed E-state index contributed by atoms with van der Waals surface area (Å²) in [5, 5.41) is 3.10. The normalized spacial score (nSPS) is 17.8. The lowest BCUT2D eigenvalue weighted by atomic mass is 10.1. The Labute approximate surface area is 165 Å². The van der Waals surface area contributed by atoms with Crippen LogP contribution < -0.4 is 14.8 Å². The van der Waals surface area contributed by atoms with Crippen molar-refractivity contribution in [1.29, 1.82) is 0 Å². The minimum atomic E-state index is -0.0989. The molecule has 1 N–H and O–H groups in total. The molecule has 28 heavy (non-hydrogen) atoms. The number of urea groups is 1. The van der Waals surface area contributed by atoms with Gasteiger partial charge in [-0.2, -0.15) is 0 Å². The third kappa shape index (κ3) is 4.36. The fourth-order valence-corrected chi connectivity index (χ4v) is 3.54. The second-order valence-electron chi connectivity index (χ2n) is 7.19. The van der Waals surface area contributed by atoms with Gasteiger partial charge in [-0.05, 0) is 42.3 Å². The first-order valence-corrected chi connectivity index (χ1v) is 9.75. The zero-order valence-corrected chi connectivity index (χ0v) is 16.1. The van der Waals surface area contributed by atoms with Gasteiger partial charge in [-0.1, -0.05) is 6.07 Å². The van der Waals surface area contributed by atoms with Crippen molar-refractivity contribution in [2.24, 2.45) is 0 Å². The van der Waals surface area contributed by atoms with E-state index in [4.69, 9.17) is 9.47 Å². The van der Waals surface area contributed by atoms with E-state index in [1.807, 2.05) is 54.5 Å². The van der Waals surface area contributed by atoms with Crippen molar-refractivity contribution in [1.82, 2.24) is 20.1 Å². The molecule has 1 aromatic carbocycles. The average molecular weight is 382 g/mol. The van der Waals surface area contributed by atoms with Crippen LogP contribution in [0.4, 0.5) is 4.79 Å². The van der Waals surface area contributed by atoms with Gasteiger partial charge in [0.15, 0.2) is 11.5 Å². The van der Waals surface area contributed by atoms with Crippen LogP contribution in [0.15, 0.2) is 42.7 Å². The van der Waals surface area contributed by atoms with Gasteiger partial charge in [-0.25, -0.2) is 4.79 Å². The highest BCUT2D eigenvalue weighted by Gasteiger charge is 2.23. The number of nitrogens with one attached hydrogen (secondary N) is 1. The van der Waals surface area contributed by atoms with Gasteiger partial charge in [0.25, 0.3) is 0 Å². The van der Waals surface area contributed by atoms with Gasteiger partial charge in [-0.3, -0.25) is 9.88 Å². The van der Waals surface area contributed by atoms with Crippen LogP contribution in [-0.4, -0.2) is 60.2 Å². The first-order valence-electron chi connectivity index (χ1n) is 9.75. The van der Waals surface area contributed by atoms with E-state index in [1.54, 1.807) is 0 Å². The summed E-state index contributed by atoms with van der Waals surface area (Å²) in [6, 6.07) is 9.79. The van der Waals surface area contributed by atoms with E-state index in [2.05, 4.69) is 15.2 Å². The molecule has 1 fully saturated rings. The highest BCUT2D eigenvalue weighted by Crippen LogP contribution is 2.32. The van der Waals surface area contributed by atoms with Crippen LogP contribution >= 0.6 is 0 Å². The molecule has 2 aliphatic heterocycles. The van der Waals surface area contributed by atoms with Crippen LogP contribution in [0.3, 0.4) is 0 Å². The van der Waals surface area contributed by atoms with E-state index in [9.17, 15) is 4.79 Å². The molecule has 0 aliphatic carbocycles. The Morgan fingerprint density at radius 1 is 1.07 bits per heavy atom. The molecule has 0 radical (unpaired) electrons. The number of carbonyl (C=O) groups excluding carboxylic acids is 1. The van der Waals surface area contributed by atoms with Crippen molar-refractivity contribution in [3.8, 4) is 11.5 Å². The zero-order chi connectivity index (χ0) is 19.3. The zero-order valence-electron chi connectivity index (χ0n) is 16.1. The molecule has 1 unspecified atom stereocenters. The second kappa shape index (κ2) is 8.48. The molecule has 1 saturated heterocycles. The molecule has 2 amide bonds. The van der Waals surface area contributed by atoms with Gasteiger partial charge < -0.3 is 19.7 Å². The van der Waals surface area contributed by atoms with E-state index >= 15 is 0 Å². The van der Waals surface area contributed by atoms with E-state index in [-0.39, 0.29) is 12.1 Å². The summed E-state index contributed by atoms with van der Waals surface area (Å²) in [5.74, 6) is 1.51. The molecule has 1 atom stereocenters. The summed E-state index contributed by atoms with van der Waals surface area (Å²) >= 11 is 0. The Kier molecular flexibility index (Phi) is 5.62. The highest BCUT2D eigenvalue weighted by atomic mass is 16.6. The summed E-state index contributed by atoms with van der Waals surface area (Å²) in [7, 11) is 0. The van der Waals surface area contributed by atoms with Crippen LogP contribution in [0.5, 0.6) is 11.5 Å². The minimum absolute atomic E-state index is 0.0223. The number of pyridine rings is 1. The van der Waals surface area contributed by atoms with Crippen LogP contribution in [-0.2, 0) is 6.54 Å². The van der Waals surface area contributed by atoms with Crippen LogP contribution in [0, 0.1) is 0 Å². The maximum absolute atomic E-state index is 12.7. The predicted octanol–water partition coefficient (Wildman–Crippen LogP) is 2.44. The number of nitrogens with zero attached hydrogens (tertiary/aromatic N) is 3.